The van der Waals surface area contributed by atoms with Crippen LogP contribution in [0.15, 0.2) is 82.6 Å². The van der Waals surface area contributed by atoms with E-state index >= 15 is 0 Å². The van der Waals surface area contributed by atoms with Crippen molar-refractivity contribution in [3.05, 3.63) is 95.4 Å². The first-order chi connectivity index (χ1) is 14.7. The molecular weight excluding hydrogens is 436 g/mol. The third kappa shape index (κ3) is 5.00. The third-order valence-corrected chi connectivity index (χ3v) is 6.73. The average molecular weight is 459 g/mol. The minimum Gasteiger partial charge on any atom is -0.464 e. The topological polar surface area (TPSA) is 79.6 Å². The summed E-state index contributed by atoms with van der Waals surface area (Å²) in [5, 5.41) is 3.12. The Balaban J connectivity index is 1.90. The molecule has 8 heteroatoms. The maximum absolute atomic E-state index is 13.4. The molecule has 0 radical (unpaired) electrons. The number of rotatable bonds is 8. The zero-order valence-electron chi connectivity index (χ0n) is 17.2. The molecule has 1 atom stereocenters. The summed E-state index contributed by atoms with van der Waals surface area (Å²) in [6.45, 7) is 7.29. The van der Waals surface area contributed by atoms with Crippen molar-refractivity contribution in [1.29, 1.82) is 0 Å². The summed E-state index contributed by atoms with van der Waals surface area (Å²) in [6.07, 6.45) is 1.48. The fourth-order valence-electron chi connectivity index (χ4n) is 3.06. The lowest BCUT2D eigenvalue weighted by atomic mass is 10.2. The fourth-order valence-corrected chi connectivity index (χ4v) is 4.85. The van der Waals surface area contributed by atoms with Gasteiger partial charge in [0.25, 0.3) is 15.9 Å². The molecule has 2 aromatic carbocycles. The predicted molar refractivity (Wildman–Crippen MR) is 122 cm³/mol. The van der Waals surface area contributed by atoms with E-state index in [-0.39, 0.29) is 23.0 Å². The summed E-state index contributed by atoms with van der Waals surface area (Å²) in [6, 6.07) is 15.8. The Bertz CT molecular complexity index is 1200. The normalized spacial score (nSPS) is 12.2. The highest BCUT2D eigenvalue weighted by molar-refractivity contribution is 7.92. The zero-order chi connectivity index (χ0) is 22.6. The number of carbonyl (C=O) groups excluding carboxylic acids is 1. The molecule has 0 bridgehead atoms. The van der Waals surface area contributed by atoms with Gasteiger partial charge in [-0.05, 0) is 56.3 Å². The number of carbonyl (C=O) groups is 1. The largest absolute Gasteiger partial charge is 0.464 e. The van der Waals surface area contributed by atoms with E-state index in [0.717, 1.165) is 10.1 Å². The van der Waals surface area contributed by atoms with Gasteiger partial charge in [-0.2, -0.15) is 0 Å². The van der Waals surface area contributed by atoms with Gasteiger partial charge in [-0.3, -0.25) is 9.10 Å². The van der Waals surface area contributed by atoms with Gasteiger partial charge in [0, 0.05) is 5.56 Å². The summed E-state index contributed by atoms with van der Waals surface area (Å²) >= 11 is 6.23. The lowest BCUT2D eigenvalue weighted by Crippen LogP contribution is -2.32. The summed E-state index contributed by atoms with van der Waals surface area (Å²) in [4.78, 5) is 12.7. The van der Waals surface area contributed by atoms with Crippen LogP contribution >= 0.6 is 11.6 Å². The Labute approximate surface area is 187 Å². The van der Waals surface area contributed by atoms with E-state index in [1.807, 2.05) is 13.0 Å². The van der Waals surface area contributed by atoms with Crippen molar-refractivity contribution in [2.75, 3.05) is 10.8 Å². The number of sulfonamides is 1. The molecule has 1 amide bonds. The second-order valence-electron chi connectivity index (χ2n) is 6.95. The quantitative estimate of drug-likeness (QED) is 0.475. The number of nitrogens with one attached hydrogen (secondary N) is 1. The van der Waals surface area contributed by atoms with Crippen molar-refractivity contribution < 1.29 is 17.6 Å². The van der Waals surface area contributed by atoms with Gasteiger partial charge in [-0.1, -0.05) is 35.9 Å². The van der Waals surface area contributed by atoms with Crippen LogP contribution in [0.5, 0.6) is 0 Å². The number of hydrogen-bond donors (Lipinski definition) is 1. The number of aryl methyl sites for hydroxylation is 1. The van der Waals surface area contributed by atoms with Crippen LogP contribution in [0.1, 0.15) is 34.8 Å². The average Bonchev–Trinajstić information content (AvgIpc) is 3.19. The molecule has 0 saturated carbocycles. The molecule has 3 aromatic rings. The number of benzene rings is 2. The van der Waals surface area contributed by atoms with Gasteiger partial charge in [0.1, 0.15) is 11.5 Å². The van der Waals surface area contributed by atoms with Crippen molar-refractivity contribution in [3.63, 3.8) is 0 Å². The van der Waals surface area contributed by atoms with Crippen molar-refractivity contribution in [3.8, 4) is 0 Å². The molecule has 1 aromatic heterocycles. The van der Waals surface area contributed by atoms with Crippen LogP contribution < -0.4 is 9.62 Å². The second-order valence-corrected chi connectivity index (χ2v) is 9.22. The number of hydrogen-bond acceptors (Lipinski definition) is 4. The molecule has 3 rings (SSSR count). The maximum Gasteiger partial charge on any atom is 0.264 e. The molecule has 31 heavy (non-hydrogen) atoms. The Morgan fingerprint density at radius 2 is 1.94 bits per heavy atom. The van der Waals surface area contributed by atoms with Gasteiger partial charge in [-0.25, -0.2) is 8.42 Å². The van der Waals surface area contributed by atoms with E-state index in [9.17, 15) is 13.2 Å². The fraction of sp³-hybridized carbons (Fsp3) is 0.174. The first kappa shape index (κ1) is 22.7. The number of furan rings is 1. The summed E-state index contributed by atoms with van der Waals surface area (Å²) in [7, 11) is -3.99. The SMILES string of the molecule is C=CCN(c1ccccc1Cl)S(=O)(=O)c1cccc(C(=O)NC(C)c2ccc(C)o2)c1. The Kier molecular flexibility index (Phi) is 6.87. The van der Waals surface area contributed by atoms with Gasteiger partial charge in [0.2, 0.25) is 0 Å². The van der Waals surface area contributed by atoms with Gasteiger partial charge >= 0.3 is 0 Å². The first-order valence-electron chi connectivity index (χ1n) is 9.59. The number of para-hydroxylation sites is 1. The first-order valence-corrected chi connectivity index (χ1v) is 11.4. The molecule has 0 aliphatic rings. The second kappa shape index (κ2) is 9.41. The molecule has 0 aliphatic heterocycles. The lowest BCUT2D eigenvalue weighted by molar-refractivity contribution is 0.0935. The van der Waals surface area contributed by atoms with Crippen LogP contribution in [-0.4, -0.2) is 20.9 Å². The van der Waals surface area contributed by atoms with Gasteiger partial charge < -0.3 is 9.73 Å². The smallest absolute Gasteiger partial charge is 0.264 e. The highest BCUT2D eigenvalue weighted by Gasteiger charge is 2.26. The molecule has 1 N–H and O–H groups in total. The third-order valence-electron chi connectivity index (χ3n) is 4.64. The van der Waals surface area contributed by atoms with E-state index in [4.69, 9.17) is 16.0 Å². The van der Waals surface area contributed by atoms with Crippen molar-refractivity contribution in [1.82, 2.24) is 5.32 Å². The number of nitrogens with zero attached hydrogens (tertiary/aromatic N) is 1. The predicted octanol–water partition coefficient (Wildman–Crippen LogP) is 5.11. The monoisotopic (exact) mass is 458 g/mol. The molecule has 0 spiro atoms. The van der Waals surface area contributed by atoms with E-state index in [1.54, 1.807) is 43.3 Å². The zero-order valence-corrected chi connectivity index (χ0v) is 18.8. The summed E-state index contributed by atoms with van der Waals surface area (Å²) in [5.41, 5.74) is 0.551. The molecule has 6 nitrogen and oxygen atoms in total. The molecule has 0 aliphatic carbocycles. The highest BCUT2D eigenvalue weighted by atomic mass is 35.5. The summed E-state index contributed by atoms with van der Waals surface area (Å²) in [5.74, 6) is 0.947. The minimum atomic E-state index is -3.99. The van der Waals surface area contributed by atoms with E-state index in [0.29, 0.717) is 16.5 Å². The maximum atomic E-state index is 13.4. The van der Waals surface area contributed by atoms with E-state index < -0.39 is 15.9 Å². The number of anilines is 1. The van der Waals surface area contributed by atoms with Crippen LogP contribution in [-0.2, 0) is 10.0 Å². The van der Waals surface area contributed by atoms with Crippen molar-refractivity contribution >= 4 is 33.2 Å². The van der Waals surface area contributed by atoms with Gasteiger partial charge in [0.15, 0.2) is 0 Å². The Hall–Kier alpha value is -3.03. The van der Waals surface area contributed by atoms with Gasteiger partial charge in [-0.15, -0.1) is 6.58 Å². The van der Waals surface area contributed by atoms with E-state index in [2.05, 4.69) is 11.9 Å². The van der Waals surface area contributed by atoms with Crippen molar-refractivity contribution in [2.24, 2.45) is 0 Å². The van der Waals surface area contributed by atoms with Crippen molar-refractivity contribution in [2.45, 2.75) is 24.8 Å². The molecule has 0 saturated heterocycles. The van der Waals surface area contributed by atoms with E-state index in [1.165, 1.54) is 24.3 Å². The number of halogens is 1. The van der Waals surface area contributed by atoms with Crippen LogP contribution in [0.4, 0.5) is 5.69 Å². The number of amides is 1. The lowest BCUT2D eigenvalue weighted by Gasteiger charge is -2.24. The van der Waals surface area contributed by atoms with Gasteiger partial charge in [0.05, 0.1) is 28.2 Å². The van der Waals surface area contributed by atoms with Crippen LogP contribution in [0.2, 0.25) is 5.02 Å². The molecule has 1 heterocycles. The summed E-state index contributed by atoms with van der Waals surface area (Å²) < 4.78 is 33.4. The molecule has 1 unspecified atom stereocenters. The Morgan fingerprint density at radius 1 is 1.19 bits per heavy atom. The minimum absolute atomic E-state index is 0.0246. The molecule has 0 fully saturated rings. The standard InChI is InChI=1S/C23H23ClN2O4S/c1-4-14-26(21-11-6-5-10-20(21)24)31(28,29)19-9-7-8-18(15-19)23(27)25-17(3)22-13-12-16(2)30-22/h4-13,15,17H,1,14H2,2-3H3,(H,25,27). The Morgan fingerprint density at radius 3 is 2.58 bits per heavy atom. The van der Waals surface area contributed by atoms with Crippen LogP contribution in [0.3, 0.4) is 0 Å². The van der Waals surface area contributed by atoms with Crippen LogP contribution in [0, 0.1) is 6.92 Å². The highest BCUT2D eigenvalue weighted by Crippen LogP contribution is 2.30. The molecule has 162 valence electrons. The van der Waals surface area contributed by atoms with Crippen LogP contribution in [0.25, 0.3) is 0 Å². The molecular formula is C23H23ClN2O4S.